The van der Waals surface area contributed by atoms with Crippen LogP contribution in [0.1, 0.15) is 23.4 Å². The maximum absolute atomic E-state index is 11.6. The molecule has 1 aliphatic rings. The summed E-state index contributed by atoms with van der Waals surface area (Å²) in [6.45, 7) is 2.53. The Labute approximate surface area is 109 Å². The first-order valence-electron chi connectivity index (χ1n) is 6.02. The molecule has 5 heteroatoms. The summed E-state index contributed by atoms with van der Waals surface area (Å²) in [5.74, 6) is 1.20. The van der Waals surface area contributed by atoms with Gasteiger partial charge in [-0.15, -0.1) is 11.3 Å². The van der Waals surface area contributed by atoms with E-state index in [9.17, 15) is 4.79 Å². The average molecular weight is 262 g/mol. The van der Waals surface area contributed by atoms with Gasteiger partial charge in [0, 0.05) is 10.8 Å². The molecule has 0 saturated heterocycles. The van der Waals surface area contributed by atoms with Crippen molar-refractivity contribution in [2.45, 2.75) is 26.3 Å². The van der Waals surface area contributed by atoms with E-state index < -0.39 is 0 Å². The van der Waals surface area contributed by atoms with Crippen LogP contribution in [0.15, 0.2) is 22.8 Å². The molecule has 0 atom stereocenters. The molecule has 2 aromatic rings. The van der Waals surface area contributed by atoms with Gasteiger partial charge in [-0.3, -0.25) is 4.79 Å². The molecular weight excluding hydrogens is 248 g/mol. The Balaban J connectivity index is 1.70. The second-order valence-corrected chi connectivity index (χ2v) is 5.58. The topological polar surface area (TPSA) is 55.1 Å². The molecule has 18 heavy (non-hydrogen) atoms. The maximum Gasteiger partial charge on any atom is 0.223 e. The maximum atomic E-state index is 11.6. The molecule has 2 aromatic heterocycles. The van der Waals surface area contributed by atoms with Gasteiger partial charge in [0.1, 0.15) is 0 Å². The fourth-order valence-electron chi connectivity index (χ4n) is 1.75. The second kappa shape index (κ2) is 4.57. The standard InChI is InChI=1S/C13H14N2O2S/c1-8-11(7-14-12(16)9-4-5-9)18-13(15-8)10-3-2-6-17-10/h2-3,6,9H,4-5,7H2,1H3,(H,14,16). The zero-order valence-electron chi connectivity index (χ0n) is 10.1. The summed E-state index contributed by atoms with van der Waals surface area (Å²) in [5, 5.41) is 3.83. The number of amides is 1. The largest absolute Gasteiger partial charge is 0.462 e. The first-order chi connectivity index (χ1) is 8.74. The molecule has 0 unspecified atom stereocenters. The number of hydrogen-bond donors (Lipinski definition) is 1. The number of rotatable bonds is 4. The van der Waals surface area contributed by atoms with Gasteiger partial charge in [-0.25, -0.2) is 4.98 Å². The molecule has 0 spiro atoms. The van der Waals surface area contributed by atoms with Crippen LogP contribution in [0.4, 0.5) is 0 Å². The molecule has 1 amide bonds. The van der Waals surface area contributed by atoms with Crippen molar-refractivity contribution >= 4 is 17.2 Å². The summed E-state index contributed by atoms with van der Waals surface area (Å²) in [5.41, 5.74) is 0.961. The highest BCUT2D eigenvalue weighted by atomic mass is 32.1. The third-order valence-corrected chi connectivity index (χ3v) is 4.17. The number of carbonyl (C=O) groups excluding carboxylic acids is 1. The Morgan fingerprint density at radius 2 is 2.44 bits per heavy atom. The van der Waals surface area contributed by atoms with Gasteiger partial charge in [-0.2, -0.15) is 0 Å². The third kappa shape index (κ3) is 2.31. The quantitative estimate of drug-likeness (QED) is 0.921. The number of aryl methyl sites for hydroxylation is 1. The smallest absolute Gasteiger partial charge is 0.223 e. The van der Waals surface area contributed by atoms with Crippen LogP contribution in [0, 0.1) is 12.8 Å². The van der Waals surface area contributed by atoms with E-state index in [-0.39, 0.29) is 11.8 Å². The number of thiazole rings is 1. The highest BCUT2D eigenvalue weighted by Gasteiger charge is 2.29. The van der Waals surface area contributed by atoms with Gasteiger partial charge >= 0.3 is 0 Å². The van der Waals surface area contributed by atoms with E-state index in [2.05, 4.69) is 10.3 Å². The normalized spacial score (nSPS) is 14.7. The van der Waals surface area contributed by atoms with Crippen LogP contribution in [0.3, 0.4) is 0 Å². The molecule has 1 saturated carbocycles. The van der Waals surface area contributed by atoms with E-state index in [0.29, 0.717) is 6.54 Å². The SMILES string of the molecule is Cc1nc(-c2ccco2)sc1CNC(=O)C1CC1. The van der Waals surface area contributed by atoms with Crippen molar-refractivity contribution in [3.8, 4) is 10.8 Å². The molecule has 0 bridgehead atoms. The first-order valence-corrected chi connectivity index (χ1v) is 6.83. The van der Waals surface area contributed by atoms with Gasteiger partial charge in [-0.1, -0.05) is 0 Å². The van der Waals surface area contributed by atoms with Crippen molar-refractivity contribution in [3.05, 3.63) is 29.0 Å². The predicted molar refractivity (Wildman–Crippen MR) is 69.1 cm³/mol. The predicted octanol–water partition coefficient (Wildman–Crippen LogP) is 2.74. The summed E-state index contributed by atoms with van der Waals surface area (Å²) in [6.07, 6.45) is 3.71. The fourth-order valence-corrected chi connectivity index (χ4v) is 2.73. The first kappa shape index (κ1) is 11.5. The van der Waals surface area contributed by atoms with Gasteiger partial charge in [0.25, 0.3) is 0 Å². The third-order valence-electron chi connectivity index (χ3n) is 3.00. The molecule has 94 valence electrons. The molecule has 4 nitrogen and oxygen atoms in total. The molecule has 0 aromatic carbocycles. The molecule has 0 aliphatic heterocycles. The lowest BCUT2D eigenvalue weighted by Gasteiger charge is -2.01. The minimum absolute atomic E-state index is 0.169. The van der Waals surface area contributed by atoms with E-state index in [1.54, 1.807) is 17.6 Å². The Morgan fingerprint density at radius 3 is 3.11 bits per heavy atom. The average Bonchev–Trinajstić information content (AvgIpc) is 2.94. The molecule has 1 fully saturated rings. The molecule has 2 heterocycles. The lowest BCUT2D eigenvalue weighted by atomic mass is 10.3. The van der Waals surface area contributed by atoms with Crippen LogP contribution >= 0.6 is 11.3 Å². The number of hydrogen-bond acceptors (Lipinski definition) is 4. The Hall–Kier alpha value is -1.62. The van der Waals surface area contributed by atoms with Crippen LogP contribution in [-0.2, 0) is 11.3 Å². The highest BCUT2D eigenvalue weighted by Crippen LogP contribution is 2.30. The van der Waals surface area contributed by atoms with E-state index in [1.807, 2.05) is 19.1 Å². The summed E-state index contributed by atoms with van der Waals surface area (Å²) in [6, 6.07) is 3.74. The summed E-state index contributed by atoms with van der Waals surface area (Å²) in [7, 11) is 0. The Kier molecular flexibility index (Phi) is 2.91. The molecule has 1 N–H and O–H groups in total. The van der Waals surface area contributed by atoms with Crippen LogP contribution in [0.2, 0.25) is 0 Å². The highest BCUT2D eigenvalue weighted by molar-refractivity contribution is 7.15. The van der Waals surface area contributed by atoms with Crippen LogP contribution < -0.4 is 5.32 Å². The molecule has 1 aliphatic carbocycles. The zero-order valence-corrected chi connectivity index (χ0v) is 10.9. The van der Waals surface area contributed by atoms with Crippen molar-refractivity contribution in [2.24, 2.45) is 5.92 Å². The van der Waals surface area contributed by atoms with Gasteiger partial charge in [0.15, 0.2) is 10.8 Å². The van der Waals surface area contributed by atoms with Gasteiger partial charge in [0.2, 0.25) is 5.91 Å². The minimum atomic E-state index is 0.169. The van der Waals surface area contributed by atoms with E-state index in [4.69, 9.17) is 4.42 Å². The van der Waals surface area contributed by atoms with Crippen molar-refractivity contribution < 1.29 is 9.21 Å². The zero-order chi connectivity index (χ0) is 12.5. The van der Waals surface area contributed by atoms with Crippen molar-refractivity contribution in [2.75, 3.05) is 0 Å². The number of carbonyl (C=O) groups is 1. The van der Waals surface area contributed by atoms with Crippen molar-refractivity contribution in [1.82, 2.24) is 10.3 Å². The molecule has 0 radical (unpaired) electrons. The number of furan rings is 1. The lowest BCUT2D eigenvalue weighted by molar-refractivity contribution is -0.122. The van der Waals surface area contributed by atoms with Gasteiger partial charge in [0.05, 0.1) is 18.5 Å². The summed E-state index contributed by atoms with van der Waals surface area (Å²) in [4.78, 5) is 17.1. The van der Waals surface area contributed by atoms with Crippen molar-refractivity contribution in [1.29, 1.82) is 0 Å². The Morgan fingerprint density at radius 1 is 1.61 bits per heavy atom. The van der Waals surface area contributed by atoms with Gasteiger partial charge in [-0.05, 0) is 31.9 Å². The molecular formula is C13H14N2O2S. The van der Waals surface area contributed by atoms with E-state index >= 15 is 0 Å². The Bertz CT molecular complexity index is 556. The second-order valence-electron chi connectivity index (χ2n) is 4.50. The monoisotopic (exact) mass is 262 g/mol. The summed E-state index contributed by atoms with van der Waals surface area (Å²) >= 11 is 1.57. The lowest BCUT2D eigenvalue weighted by Crippen LogP contribution is -2.23. The minimum Gasteiger partial charge on any atom is -0.462 e. The summed E-state index contributed by atoms with van der Waals surface area (Å²) < 4.78 is 5.32. The number of aromatic nitrogens is 1. The van der Waals surface area contributed by atoms with Crippen LogP contribution in [0.5, 0.6) is 0 Å². The molecule has 3 rings (SSSR count). The van der Waals surface area contributed by atoms with Crippen LogP contribution in [-0.4, -0.2) is 10.9 Å². The van der Waals surface area contributed by atoms with Crippen molar-refractivity contribution in [3.63, 3.8) is 0 Å². The van der Waals surface area contributed by atoms with Crippen LogP contribution in [0.25, 0.3) is 10.8 Å². The fraction of sp³-hybridized carbons (Fsp3) is 0.385. The van der Waals surface area contributed by atoms with E-state index in [0.717, 1.165) is 34.2 Å². The van der Waals surface area contributed by atoms with E-state index in [1.165, 1.54) is 0 Å². The van der Waals surface area contributed by atoms with Gasteiger partial charge < -0.3 is 9.73 Å². The number of nitrogens with zero attached hydrogens (tertiary/aromatic N) is 1. The number of nitrogens with one attached hydrogen (secondary N) is 1.